The van der Waals surface area contributed by atoms with Crippen LogP contribution in [0, 0.1) is 0 Å². The van der Waals surface area contributed by atoms with Crippen molar-refractivity contribution < 1.29 is 13.6 Å². The molecule has 1 N–H and O–H groups in total. The van der Waals surface area contributed by atoms with Crippen LogP contribution in [-0.4, -0.2) is 22.3 Å². The van der Waals surface area contributed by atoms with E-state index in [0.29, 0.717) is 29.9 Å². The first-order chi connectivity index (χ1) is 10.5. The summed E-state index contributed by atoms with van der Waals surface area (Å²) in [6.07, 6.45) is 0. The molecule has 0 aliphatic heterocycles. The summed E-state index contributed by atoms with van der Waals surface area (Å²) >= 11 is 0. The number of nitrogens with one attached hydrogen (secondary N) is 1. The van der Waals surface area contributed by atoms with Crippen LogP contribution in [0.5, 0.6) is 5.75 Å². The average Bonchev–Trinajstić information content (AvgIpc) is 3.10. The minimum absolute atomic E-state index is 0.179. The maximum Gasteiger partial charge on any atom is 0.315 e. The van der Waals surface area contributed by atoms with Crippen LogP contribution in [0.1, 0.15) is 32.6 Å². The lowest BCUT2D eigenvalue weighted by molar-refractivity contribution is 0.398. The van der Waals surface area contributed by atoms with Gasteiger partial charge in [0.25, 0.3) is 0 Å². The van der Waals surface area contributed by atoms with Crippen LogP contribution in [-0.2, 0) is 12.0 Å². The third-order valence-electron chi connectivity index (χ3n) is 3.10. The molecular weight excluding hydrogens is 284 g/mol. The van der Waals surface area contributed by atoms with Gasteiger partial charge in [-0.15, -0.1) is 5.10 Å². The lowest BCUT2D eigenvalue weighted by Crippen LogP contribution is -2.11. The first-order valence-electron chi connectivity index (χ1n) is 6.97. The van der Waals surface area contributed by atoms with E-state index in [1.807, 2.05) is 39.0 Å². The maximum absolute atomic E-state index is 5.64. The SMILES string of the molecule is COc1ccc2oc(CNc3nnc(C(C)(C)C)o3)nc2c1. The van der Waals surface area contributed by atoms with Crippen LogP contribution >= 0.6 is 0 Å². The Labute approximate surface area is 127 Å². The summed E-state index contributed by atoms with van der Waals surface area (Å²) in [5.41, 5.74) is 1.27. The Kier molecular flexibility index (Phi) is 3.48. The Morgan fingerprint density at radius 1 is 1.18 bits per heavy atom. The Balaban J connectivity index is 1.72. The molecule has 0 unspecified atom stereocenters. The molecule has 1 aromatic carbocycles. The Bertz CT molecular complexity index is 786. The van der Waals surface area contributed by atoms with E-state index in [4.69, 9.17) is 13.6 Å². The van der Waals surface area contributed by atoms with E-state index in [1.54, 1.807) is 7.11 Å². The number of benzene rings is 1. The van der Waals surface area contributed by atoms with Gasteiger partial charge in [-0.2, -0.15) is 0 Å². The first kappa shape index (κ1) is 14.4. The van der Waals surface area contributed by atoms with E-state index in [-0.39, 0.29) is 5.41 Å². The van der Waals surface area contributed by atoms with Gasteiger partial charge in [0, 0.05) is 11.5 Å². The van der Waals surface area contributed by atoms with Crippen molar-refractivity contribution in [2.45, 2.75) is 32.7 Å². The van der Waals surface area contributed by atoms with Crippen LogP contribution in [0.15, 0.2) is 27.0 Å². The summed E-state index contributed by atoms with van der Waals surface area (Å²) in [5.74, 6) is 1.86. The van der Waals surface area contributed by atoms with Gasteiger partial charge in [-0.3, -0.25) is 0 Å². The summed E-state index contributed by atoms with van der Waals surface area (Å²) < 4.78 is 16.4. The number of anilines is 1. The highest BCUT2D eigenvalue weighted by molar-refractivity contribution is 5.74. The molecule has 2 aromatic heterocycles. The molecule has 0 fully saturated rings. The van der Waals surface area contributed by atoms with E-state index in [2.05, 4.69) is 20.5 Å². The monoisotopic (exact) mass is 302 g/mol. The van der Waals surface area contributed by atoms with Crippen LogP contribution in [0.2, 0.25) is 0 Å². The molecule has 0 amide bonds. The number of fused-ring (bicyclic) bond motifs is 1. The largest absolute Gasteiger partial charge is 0.497 e. The molecule has 3 aromatic rings. The summed E-state index contributed by atoms with van der Waals surface area (Å²) in [4.78, 5) is 4.39. The Morgan fingerprint density at radius 3 is 2.68 bits per heavy atom. The van der Waals surface area contributed by atoms with Gasteiger partial charge in [0.05, 0.1) is 13.7 Å². The van der Waals surface area contributed by atoms with Crippen molar-refractivity contribution in [1.82, 2.24) is 15.2 Å². The average molecular weight is 302 g/mol. The molecule has 0 aliphatic rings. The van der Waals surface area contributed by atoms with Gasteiger partial charge in [0.1, 0.15) is 11.3 Å². The fourth-order valence-corrected chi connectivity index (χ4v) is 1.91. The van der Waals surface area contributed by atoms with Gasteiger partial charge in [-0.25, -0.2) is 4.98 Å². The predicted molar refractivity (Wildman–Crippen MR) is 80.9 cm³/mol. The molecule has 22 heavy (non-hydrogen) atoms. The van der Waals surface area contributed by atoms with Crippen LogP contribution in [0.3, 0.4) is 0 Å². The third kappa shape index (κ3) is 2.88. The first-order valence-corrected chi connectivity index (χ1v) is 6.97. The van der Waals surface area contributed by atoms with Gasteiger partial charge in [-0.05, 0) is 12.1 Å². The van der Waals surface area contributed by atoms with Crippen LogP contribution in [0.25, 0.3) is 11.1 Å². The number of rotatable bonds is 4. The zero-order valence-corrected chi connectivity index (χ0v) is 13.0. The topological polar surface area (TPSA) is 86.2 Å². The number of nitrogens with zero attached hydrogens (tertiary/aromatic N) is 3. The van der Waals surface area contributed by atoms with Crippen molar-refractivity contribution in [1.29, 1.82) is 0 Å². The van der Waals surface area contributed by atoms with Crippen molar-refractivity contribution in [2.24, 2.45) is 0 Å². The lowest BCUT2D eigenvalue weighted by Gasteiger charge is -2.10. The van der Waals surface area contributed by atoms with Crippen molar-refractivity contribution in [3.8, 4) is 5.75 Å². The minimum atomic E-state index is -0.179. The van der Waals surface area contributed by atoms with Crippen molar-refractivity contribution in [2.75, 3.05) is 12.4 Å². The standard InChI is InChI=1S/C15H18N4O3/c1-15(2,3)13-18-19-14(22-13)16-8-12-17-10-7-9(20-4)5-6-11(10)21-12/h5-7H,8H2,1-4H3,(H,16,19). The van der Waals surface area contributed by atoms with Gasteiger partial charge < -0.3 is 18.9 Å². The zero-order chi connectivity index (χ0) is 15.7. The molecule has 7 nitrogen and oxygen atoms in total. The van der Waals surface area contributed by atoms with Gasteiger partial charge in [-0.1, -0.05) is 25.9 Å². The highest BCUT2D eigenvalue weighted by Crippen LogP contribution is 2.23. The van der Waals surface area contributed by atoms with Crippen molar-refractivity contribution >= 4 is 17.1 Å². The summed E-state index contributed by atoms with van der Waals surface area (Å²) in [5, 5.41) is 11.0. The Hall–Kier alpha value is -2.57. The third-order valence-corrected chi connectivity index (χ3v) is 3.10. The molecule has 0 atom stereocenters. The second-order valence-corrected chi connectivity index (χ2v) is 5.96. The molecule has 0 saturated heterocycles. The maximum atomic E-state index is 5.64. The molecule has 116 valence electrons. The van der Waals surface area contributed by atoms with Gasteiger partial charge in [0.2, 0.25) is 11.8 Å². The molecule has 2 heterocycles. The van der Waals surface area contributed by atoms with E-state index < -0.39 is 0 Å². The molecule has 0 bridgehead atoms. The van der Waals surface area contributed by atoms with Gasteiger partial charge >= 0.3 is 6.01 Å². The molecule has 0 spiro atoms. The molecule has 0 radical (unpaired) electrons. The molecule has 0 aliphatic carbocycles. The minimum Gasteiger partial charge on any atom is -0.497 e. The van der Waals surface area contributed by atoms with E-state index in [9.17, 15) is 0 Å². The van der Waals surface area contributed by atoms with Crippen molar-refractivity contribution in [3.05, 3.63) is 30.0 Å². The fraction of sp³-hybridized carbons (Fsp3) is 0.400. The highest BCUT2D eigenvalue weighted by Gasteiger charge is 2.21. The number of ether oxygens (including phenoxy) is 1. The quantitative estimate of drug-likeness (QED) is 0.792. The molecule has 3 rings (SSSR count). The number of hydrogen-bond donors (Lipinski definition) is 1. The zero-order valence-electron chi connectivity index (χ0n) is 13.0. The number of hydrogen-bond acceptors (Lipinski definition) is 7. The Morgan fingerprint density at radius 2 is 2.00 bits per heavy atom. The molecule has 7 heteroatoms. The van der Waals surface area contributed by atoms with Gasteiger partial charge in [0.15, 0.2) is 5.58 Å². The number of oxazole rings is 1. The van der Waals surface area contributed by atoms with E-state index >= 15 is 0 Å². The predicted octanol–water partition coefficient (Wildman–Crippen LogP) is 3.13. The summed E-state index contributed by atoms with van der Waals surface area (Å²) in [7, 11) is 1.62. The number of aromatic nitrogens is 3. The van der Waals surface area contributed by atoms with E-state index in [0.717, 1.165) is 11.3 Å². The summed E-state index contributed by atoms with van der Waals surface area (Å²) in [6.45, 7) is 6.40. The lowest BCUT2D eigenvalue weighted by atomic mass is 9.97. The number of methoxy groups -OCH3 is 1. The van der Waals surface area contributed by atoms with E-state index in [1.165, 1.54) is 0 Å². The second kappa shape index (κ2) is 5.32. The summed E-state index contributed by atoms with van der Waals surface area (Å²) in [6, 6.07) is 5.84. The highest BCUT2D eigenvalue weighted by atomic mass is 16.5. The second-order valence-electron chi connectivity index (χ2n) is 5.96. The molecular formula is C15H18N4O3. The smallest absolute Gasteiger partial charge is 0.315 e. The normalized spacial score (nSPS) is 11.8. The molecule has 0 saturated carbocycles. The van der Waals surface area contributed by atoms with Crippen LogP contribution in [0.4, 0.5) is 6.01 Å². The van der Waals surface area contributed by atoms with Crippen LogP contribution < -0.4 is 10.1 Å². The fourth-order valence-electron chi connectivity index (χ4n) is 1.91. The van der Waals surface area contributed by atoms with Crippen molar-refractivity contribution in [3.63, 3.8) is 0 Å².